The second-order valence-corrected chi connectivity index (χ2v) is 9.12. The largest absolute Gasteiger partial charge is 0.486 e. The Labute approximate surface area is 184 Å². The summed E-state index contributed by atoms with van der Waals surface area (Å²) in [6.45, 7) is 5.44. The third-order valence-electron chi connectivity index (χ3n) is 6.72. The van der Waals surface area contributed by atoms with Crippen LogP contribution < -0.4 is 4.74 Å². The molecule has 166 valence electrons. The maximum atomic E-state index is 12.7. The lowest BCUT2D eigenvalue weighted by Crippen LogP contribution is -2.42. The number of aliphatic hydroxyl groups is 1. The van der Waals surface area contributed by atoms with Gasteiger partial charge in [0.1, 0.15) is 11.9 Å². The van der Waals surface area contributed by atoms with E-state index in [1.165, 1.54) is 5.56 Å². The monoisotopic (exact) mass is 423 g/mol. The molecule has 2 aromatic heterocycles. The lowest BCUT2D eigenvalue weighted by Gasteiger charge is -2.35. The number of hydrogen-bond donors (Lipinski definition) is 1. The van der Waals surface area contributed by atoms with Crippen LogP contribution in [0.3, 0.4) is 0 Å². The molecule has 0 bridgehead atoms. The molecule has 0 spiro atoms. The number of carbonyl (C=O) groups is 1. The van der Waals surface area contributed by atoms with E-state index in [2.05, 4.69) is 16.0 Å². The molecule has 6 heteroatoms. The van der Waals surface area contributed by atoms with Gasteiger partial charge in [0, 0.05) is 37.6 Å². The summed E-state index contributed by atoms with van der Waals surface area (Å²) in [5.41, 5.74) is 3.03. The number of unbranched alkanes of at least 4 members (excludes halogenated alkanes) is 1. The Balaban J connectivity index is 1.25. The van der Waals surface area contributed by atoms with Gasteiger partial charge in [0.05, 0.1) is 11.8 Å². The van der Waals surface area contributed by atoms with Crippen LogP contribution in [-0.2, 0) is 11.2 Å². The maximum Gasteiger partial charge on any atom is 0.222 e. The summed E-state index contributed by atoms with van der Waals surface area (Å²) in [5.74, 6) is 1.75. The van der Waals surface area contributed by atoms with Crippen molar-refractivity contribution in [2.75, 3.05) is 13.1 Å². The van der Waals surface area contributed by atoms with Crippen molar-refractivity contribution < 1.29 is 14.6 Å². The predicted octanol–water partition coefficient (Wildman–Crippen LogP) is 3.48. The van der Waals surface area contributed by atoms with Gasteiger partial charge in [-0.25, -0.2) is 0 Å². The Hall–Kier alpha value is -2.47. The highest BCUT2D eigenvalue weighted by Gasteiger charge is 2.43. The molecule has 6 nitrogen and oxygen atoms in total. The quantitative estimate of drug-likeness (QED) is 0.690. The van der Waals surface area contributed by atoms with Crippen molar-refractivity contribution in [3.8, 4) is 5.75 Å². The second-order valence-electron chi connectivity index (χ2n) is 9.12. The molecule has 1 N–H and O–H groups in total. The molecule has 0 unspecified atom stereocenters. The smallest absolute Gasteiger partial charge is 0.222 e. The van der Waals surface area contributed by atoms with Gasteiger partial charge < -0.3 is 14.7 Å². The van der Waals surface area contributed by atoms with E-state index in [4.69, 9.17) is 4.74 Å². The molecular weight excluding hydrogens is 390 g/mol. The van der Waals surface area contributed by atoms with Crippen molar-refractivity contribution in [2.45, 2.75) is 64.6 Å². The van der Waals surface area contributed by atoms with Gasteiger partial charge in [0.2, 0.25) is 5.91 Å². The summed E-state index contributed by atoms with van der Waals surface area (Å²) in [7, 11) is 0. The summed E-state index contributed by atoms with van der Waals surface area (Å²) in [4.78, 5) is 23.3. The van der Waals surface area contributed by atoms with Crippen LogP contribution in [0.5, 0.6) is 5.75 Å². The molecule has 1 aliphatic heterocycles. The lowest BCUT2D eigenvalue weighted by molar-refractivity contribution is -0.130. The normalized spacial score (nSPS) is 25.3. The highest BCUT2D eigenvalue weighted by Crippen LogP contribution is 2.38. The number of carbonyl (C=O) groups excluding carboxylic acids is 1. The summed E-state index contributed by atoms with van der Waals surface area (Å²) in [6, 6.07) is 7.91. The summed E-state index contributed by atoms with van der Waals surface area (Å²) < 4.78 is 6.16. The zero-order valence-electron chi connectivity index (χ0n) is 18.5. The Kier molecular flexibility index (Phi) is 6.86. The number of hydrogen-bond acceptors (Lipinski definition) is 5. The SMILES string of the molecule is Cc1ccc(O[C@@H]2C[C@@H]3CN(C(=O)CCCCc4cccnc4)C[C@@H]3C[C@H]2O)c(C)n1. The van der Waals surface area contributed by atoms with Gasteiger partial charge >= 0.3 is 0 Å². The molecule has 2 aliphatic rings. The predicted molar refractivity (Wildman–Crippen MR) is 119 cm³/mol. The lowest BCUT2D eigenvalue weighted by atomic mass is 9.78. The van der Waals surface area contributed by atoms with Crippen LogP contribution in [0.25, 0.3) is 0 Å². The number of rotatable bonds is 7. The number of aryl methyl sites for hydroxylation is 3. The van der Waals surface area contributed by atoms with Crippen molar-refractivity contribution in [1.29, 1.82) is 0 Å². The van der Waals surface area contributed by atoms with E-state index in [-0.39, 0.29) is 12.0 Å². The molecule has 4 rings (SSSR count). The topological polar surface area (TPSA) is 75.5 Å². The first-order valence-corrected chi connectivity index (χ1v) is 11.4. The van der Waals surface area contributed by atoms with E-state index in [1.54, 1.807) is 6.20 Å². The molecule has 1 saturated carbocycles. The average Bonchev–Trinajstić information content (AvgIpc) is 3.17. The molecule has 0 radical (unpaired) electrons. The van der Waals surface area contributed by atoms with Crippen molar-refractivity contribution in [2.24, 2.45) is 11.8 Å². The Morgan fingerprint density at radius 2 is 1.97 bits per heavy atom. The van der Waals surface area contributed by atoms with Crippen LogP contribution in [-0.4, -0.2) is 51.2 Å². The molecule has 3 heterocycles. The fourth-order valence-electron chi connectivity index (χ4n) is 4.99. The van der Waals surface area contributed by atoms with E-state index < -0.39 is 6.10 Å². The van der Waals surface area contributed by atoms with E-state index in [0.717, 1.165) is 55.9 Å². The van der Waals surface area contributed by atoms with Gasteiger partial charge in [-0.2, -0.15) is 0 Å². The molecular formula is C25H33N3O3. The summed E-state index contributed by atoms with van der Waals surface area (Å²) >= 11 is 0. The number of fused-ring (bicyclic) bond motifs is 1. The van der Waals surface area contributed by atoms with Crippen LogP contribution in [0.2, 0.25) is 0 Å². The third kappa shape index (κ3) is 5.42. The minimum absolute atomic E-state index is 0.237. The van der Waals surface area contributed by atoms with Crippen molar-refractivity contribution in [1.82, 2.24) is 14.9 Å². The van der Waals surface area contributed by atoms with Gasteiger partial charge in [-0.3, -0.25) is 14.8 Å². The van der Waals surface area contributed by atoms with Crippen molar-refractivity contribution in [3.63, 3.8) is 0 Å². The molecule has 0 aromatic carbocycles. The fourth-order valence-corrected chi connectivity index (χ4v) is 4.99. The fraction of sp³-hybridized carbons (Fsp3) is 0.560. The zero-order valence-corrected chi connectivity index (χ0v) is 18.5. The van der Waals surface area contributed by atoms with Crippen molar-refractivity contribution in [3.05, 3.63) is 53.6 Å². The Morgan fingerprint density at radius 1 is 1.16 bits per heavy atom. The maximum absolute atomic E-state index is 12.7. The van der Waals surface area contributed by atoms with Crippen LogP contribution in [0.4, 0.5) is 0 Å². The van der Waals surface area contributed by atoms with Gasteiger partial charge in [-0.1, -0.05) is 6.07 Å². The number of nitrogens with zero attached hydrogens (tertiary/aromatic N) is 3. The number of aromatic nitrogens is 2. The van der Waals surface area contributed by atoms with E-state index >= 15 is 0 Å². The molecule has 1 saturated heterocycles. The van der Waals surface area contributed by atoms with E-state index in [0.29, 0.717) is 24.7 Å². The number of pyridine rings is 2. The molecule has 1 amide bonds. The molecule has 4 atom stereocenters. The minimum atomic E-state index is -0.503. The second kappa shape index (κ2) is 9.77. The first-order valence-electron chi connectivity index (χ1n) is 11.4. The van der Waals surface area contributed by atoms with Gasteiger partial charge in [-0.05, 0) is 81.5 Å². The van der Waals surface area contributed by atoms with Gasteiger partial charge in [0.15, 0.2) is 0 Å². The number of likely N-dealkylation sites (tertiary alicyclic amines) is 1. The van der Waals surface area contributed by atoms with Crippen LogP contribution in [0.1, 0.15) is 49.1 Å². The molecule has 2 aromatic rings. The molecule has 1 aliphatic carbocycles. The molecule has 31 heavy (non-hydrogen) atoms. The first kappa shape index (κ1) is 21.8. The highest BCUT2D eigenvalue weighted by atomic mass is 16.5. The average molecular weight is 424 g/mol. The van der Waals surface area contributed by atoms with Crippen molar-refractivity contribution >= 4 is 5.91 Å². The van der Waals surface area contributed by atoms with Crippen LogP contribution in [0, 0.1) is 25.7 Å². The van der Waals surface area contributed by atoms with Crippen LogP contribution >= 0.6 is 0 Å². The Bertz CT molecular complexity index is 889. The van der Waals surface area contributed by atoms with E-state index in [1.807, 2.05) is 43.1 Å². The standard InChI is InChI=1S/C25H33N3O3/c1-17-9-10-23(18(2)27-17)31-24-13-21-16-28(15-20(21)12-22(24)29)25(30)8-4-3-6-19-7-5-11-26-14-19/h5,7,9-11,14,20-22,24,29H,3-4,6,8,12-13,15-16H2,1-2H3/t20-,21+,22+,24+/m0/s1. The zero-order chi connectivity index (χ0) is 21.8. The van der Waals surface area contributed by atoms with E-state index in [9.17, 15) is 9.90 Å². The number of ether oxygens (including phenoxy) is 1. The third-order valence-corrected chi connectivity index (χ3v) is 6.72. The van der Waals surface area contributed by atoms with Gasteiger partial charge in [0.25, 0.3) is 0 Å². The highest BCUT2D eigenvalue weighted by molar-refractivity contribution is 5.76. The number of amides is 1. The van der Waals surface area contributed by atoms with Crippen LogP contribution in [0.15, 0.2) is 36.7 Å². The summed E-state index contributed by atoms with van der Waals surface area (Å²) in [5, 5.41) is 10.7. The summed E-state index contributed by atoms with van der Waals surface area (Å²) in [6.07, 6.45) is 7.86. The minimum Gasteiger partial charge on any atom is -0.486 e. The number of aliphatic hydroxyl groups excluding tert-OH is 1. The molecule has 2 fully saturated rings. The Morgan fingerprint density at radius 3 is 2.71 bits per heavy atom. The van der Waals surface area contributed by atoms with Gasteiger partial charge in [-0.15, -0.1) is 0 Å². The first-order chi connectivity index (χ1) is 15.0.